The number of aromatic nitrogens is 2. The van der Waals surface area contributed by atoms with Crippen molar-refractivity contribution in [2.75, 3.05) is 12.4 Å². The molecule has 3 aromatic rings. The second kappa shape index (κ2) is 8.79. The Hall–Kier alpha value is -4.01. The lowest BCUT2D eigenvalue weighted by molar-refractivity contribution is -0.384. The van der Waals surface area contributed by atoms with Crippen molar-refractivity contribution in [1.82, 2.24) is 9.97 Å². The number of hydrogen-bond acceptors (Lipinski definition) is 8. The van der Waals surface area contributed by atoms with Crippen molar-refractivity contribution in [3.63, 3.8) is 0 Å². The molecule has 9 nitrogen and oxygen atoms in total. The first-order valence-corrected chi connectivity index (χ1v) is 8.61. The van der Waals surface area contributed by atoms with Gasteiger partial charge in [0.15, 0.2) is 0 Å². The second-order valence-corrected chi connectivity index (χ2v) is 6.01. The second-order valence-electron chi connectivity index (χ2n) is 6.01. The van der Waals surface area contributed by atoms with Crippen LogP contribution in [0.3, 0.4) is 0 Å². The fourth-order valence-corrected chi connectivity index (χ4v) is 2.49. The summed E-state index contributed by atoms with van der Waals surface area (Å²) in [5, 5.41) is 14.4. The lowest BCUT2D eigenvalue weighted by Gasteiger charge is -2.09. The standard InChI is InChI=1S/C20H18N4O5/c1-13(25)29-12-14-3-5-15(6-4-14)22-20-19(24(26)27)10-9-18(23-20)17-8-7-16(28-2)11-21-17/h3-11H,12H2,1-2H3,(H,22,23). The molecule has 0 aliphatic carbocycles. The molecule has 1 aromatic carbocycles. The molecule has 0 bridgehead atoms. The van der Waals surface area contributed by atoms with E-state index in [1.165, 1.54) is 13.0 Å². The van der Waals surface area contributed by atoms with Crippen molar-refractivity contribution >= 4 is 23.2 Å². The van der Waals surface area contributed by atoms with Crippen LogP contribution in [0.2, 0.25) is 0 Å². The maximum Gasteiger partial charge on any atom is 0.311 e. The third-order valence-corrected chi connectivity index (χ3v) is 3.96. The van der Waals surface area contributed by atoms with Gasteiger partial charge in [-0.3, -0.25) is 19.9 Å². The van der Waals surface area contributed by atoms with Gasteiger partial charge in [0.25, 0.3) is 0 Å². The molecule has 2 heterocycles. The van der Waals surface area contributed by atoms with Crippen molar-refractivity contribution in [2.45, 2.75) is 13.5 Å². The average Bonchev–Trinajstić information content (AvgIpc) is 2.73. The van der Waals surface area contributed by atoms with E-state index in [-0.39, 0.29) is 24.1 Å². The van der Waals surface area contributed by atoms with Crippen molar-refractivity contribution in [2.24, 2.45) is 0 Å². The third-order valence-electron chi connectivity index (χ3n) is 3.96. The van der Waals surface area contributed by atoms with Gasteiger partial charge in [0.05, 0.1) is 29.6 Å². The van der Waals surface area contributed by atoms with Gasteiger partial charge in [0, 0.05) is 18.7 Å². The third kappa shape index (κ3) is 5.04. The van der Waals surface area contributed by atoms with Gasteiger partial charge in [-0.05, 0) is 35.9 Å². The fourth-order valence-electron chi connectivity index (χ4n) is 2.49. The van der Waals surface area contributed by atoms with Crippen LogP contribution in [-0.4, -0.2) is 28.0 Å². The van der Waals surface area contributed by atoms with Crippen LogP contribution in [0.25, 0.3) is 11.4 Å². The van der Waals surface area contributed by atoms with Crippen LogP contribution in [0.4, 0.5) is 17.2 Å². The van der Waals surface area contributed by atoms with Gasteiger partial charge < -0.3 is 14.8 Å². The molecule has 0 amide bonds. The number of rotatable bonds is 7. The normalized spacial score (nSPS) is 10.3. The predicted octanol–water partition coefficient (Wildman–Crippen LogP) is 3.87. The van der Waals surface area contributed by atoms with E-state index in [4.69, 9.17) is 9.47 Å². The molecule has 29 heavy (non-hydrogen) atoms. The highest BCUT2D eigenvalue weighted by Crippen LogP contribution is 2.29. The van der Waals surface area contributed by atoms with E-state index in [0.29, 0.717) is 22.8 Å². The molecule has 0 aliphatic heterocycles. The van der Waals surface area contributed by atoms with Gasteiger partial charge >= 0.3 is 11.7 Å². The minimum absolute atomic E-state index is 0.0952. The minimum atomic E-state index is -0.504. The molecular formula is C20H18N4O5. The van der Waals surface area contributed by atoms with E-state index in [9.17, 15) is 14.9 Å². The van der Waals surface area contributed by atoms with E-state index in [2.05, 4.69) is 15.3 Å². The van der Waals surface area contributed by atoms with Crippen LogP contribution in [0.5, 0.6) is 5.75 Å². The maximum absolute atomic E-state index is 11.4. The molecule has 2 aromatic heterocycles. The first-order chi connectivity index (χ1) is 14.0. The van der Waals surface area contributed by atoms with E-state index >= 15 is 0 Å². The van der Waals surface area contributed by atoms with Crippen molar-refractivity contribution in [3.8, 4) is 17.1 Å². The number of anilines is 2. The van der Waals surface area contributed by atoms with E-state index in [0.717, 1.165) is 5.56 Å². The highest BCUT2D eigenvalue weighted by atomic mass is 16.6. The van der Waals surface area contributed by atoms with Crippen LogP contribution in [0.15, 0.2) is 54.7 Å². The number of methoxy groups -OCH3 is 1. The van der Waals surface area contributed by atoms with Crippen molar-refractivity contribution in [3.05, 3.63) is 70.4 Å². The van der Waals surface area contributed by atoms with Crippen LogP contribution in [-0.2, 0) is 16.1 Å². The highest BCUT2D eigenvalue weighted by molar-refractivity contribution is 5.70. The summed E-state index contributed by atoms with van der Waals surface area (Å²) in [7, 11) is 1.54. The van der Waals surface area contributed by atoms with Crippen LogP contribution < -0.4 is 10.1 Å². The van der Waals surface area contributed by atoms with Crippen molar-refractivity contribution < 1.29 is 19.2 Å². The van der Waals surface area contributed by atoms with Gasteiger partial charge in [-0.25, -0.2) is 4.98 Å². The number of ether oxygens (including phenoxy) is 2. The lowest BCUT2D eigenvalue weighted by atomic mass is 10.2. The Morgan fingerprint density at radius 1 is 1.10 bits per heavy atom. The Balaban J connectivity index is 1.86. The van der Waals surface area contributed by atoms with Gasteiger partial charge in [-0.2, -0.15) is 0 Å². The smallest absolute Gasteiger partial charge is 0.311 e. The molecule has 0 atom stereocenters. The summed E-state index contributed by atoms with van der Waals surface area (Å²) in [6, 6.07) is 13.3. The summed E-state index contributed by atoms with van der Waals surface area (Å²) in [6.07, 6.45) is 1.55. The van der Waals surface area contributed by atoms with E-state index in [1.807, 2.05) is 0 Å². The monoisotopic (exact) mass is 394 g/mol. The molecule has 0 saturated heterocycles. The molecule has 3 rings (SSSR count). The fraction of sp³-hybridized carbons (Fsp3) is 0.150. The zero-order chi connectivity index (χ0) is 20.8. The number of nitro groups is 1. The SMILES string of the molecule is COc1ccc(-c2ccc([N+](=O)[O-])c(Nc3ccc(COC(C)=O)cc3)n2)nc1. The average molecular weight is 394 g/mol. The Labute approximate surface area is 166 Å². The number of nitrogens with zero attached hydrogens (tertiary/aromatic N) is 3. The Bertz CT molecular complexity index is 1020. The molecular weight excluding hydrogens is 376 g/mol. The summed E-state index contributed by atoms with van der Waals surface area (Å²) >= 11 is 0. The summed E-state index contributed by atoms with van der Waals surface area (Å²) < 4.78 is 10.0. The molecule has 1 N–H and O–H groups in total. The topological polar surface area (TPSA) is 116 Å². The zero-order valence-electron chi connectivity index (χ0n) is 15.8. The van der Waals surface area contributed by atoms with Gasteiger partial charge in [0.2, 0.25) is 5.82 Å². The number of carbonyl (C=O) groups excluding carboxylic acids is 1. The summed E-state index contributed by atoms with van der Waals surface area (Å²) in [5.41, 5.74) is 2.27. The first-order valence-electron chi connectivity index (χ1n) is 8.61. The van der Waals surface area contributed by atoms with Gasteiger partial charge in [-0.1, -0.05) is 12.1 Å². The number of benzene rings is 1. The number of esters is 1. The summed E-state index contributed by atoms with van der Waals surface area (Å²) in [5.74, 6) is 0.330. The molecule has 0 fully saturated rings. The number of carbonyl (C=O) groups is 1. The Kier molecular flexibility index (Phi) is 5.98. The molecule has 0 aliphatic rings. The molecule has 148 valence electrons. The number of pyridine rings is 2. The first kappa shape index (κ1) is 19.7. The van der Waals surface area contributed by atoms with Crippen LogP contribution >= 0.6 is 0 Å². The minimum Gasteiger partial charge on any atom is -0.495 e. The summed E-state index contributed by atoms with van der Waals surface area (Å²) in [4.78, 5) is 30.4. The molecule has 0 spiro atoms. The van der Waals surface area contributed by atoms with E-state index in [1.54, 1.807) is 55.8 Å². The number of hydrogen-bond donors (Lipinski definition) is 1. The summed E-state index contributed by atoms with van der Waals surface area (Å²) in [6.45, 7) is 1.50. The Morgan fingerprint density at radius 2 is 1.83 bits per heavy atom. The van der Waals surface area contributed by atoms with E-state index < -0.39 is 4.92 Å². The Morgan fingerprint density at radius 3 is 2.41 bits per heavy atom. The van der Waals surface area contributed by atoms with Gasteiger partial charge in [0.1, 0.15) is 12.4 Å². The number of nitrogens with one attached hydrogen (secondary N) is 1. The molecule has 0 unspecified atom stereocenters. The maximum atomic E-state index is 11.4. The van der Waals surface area contributed by atoms with Crippen LogP contribution in [0, 0.1) is 10.1 Å². The quantitative estimate of drug-likeness (QED) is 0.365. The largest absolute Gasteiger partial charge is 0.495 e. The molecule has 9 heteroatoms. The zero-order valence-corrected chi connectivity index (χ0v) is 15.8. The highest BCUT2D eigenvalue weighted by Gasteiger charge is 2.17. The van der Waals surface area contributed by atoms with Crippen molar-refractivity contribution in [1.29, 1.82) is 0 Å². The molecule has 0 radical (unpaired) electrons. The predicted molar refractivity (Wildman–Crippen MR) is 106 cm³/mol. The van der Waals surface area contributed by atoms with Gasteiger partial charge in [-0.15, -0.1) is 0 Å². The lowest BCUT2D eigenvalue weighted by Crippen LogP contribution is -2.02. The molecule has 0 saturated carbocycles. The van der Waals surface area contributed by atoms with Crippen LogP contribution in [0.1, 0.15) is 12.5 Å².